The van der Waals surface area contributed by atoms with Crippen molar-refractivity contribution < 1.29 is 22.4 Å². The molecule has 0 radical (unpaired) electrons. The van der Waals surface area contributed by atoms with E-state index in [-0.39, 0.29) is 16.8 Å². The summed E-state index contributed by atoms with van der Waals surface area (Å²) in [4.78, 5) is 12.7. The van der Waals surface area contributed by atoms with Crippen molar-refractivity contribution in [2.45, 2.75) is 43.8 Å². The van der Waals surface area contributed by atoms with E-state index in [1.165, 1.54) is 12.1 Å². The van der Waals surface area contributed by atoms with E-state index in [9.17, 15) is 13.2 Å². The molecule has 0 unspecified atom stereocenters. The van der Waals surface area contributed by atoms with E-state index in [1.807, 2.05) is 0 Å². The van der Waals surface area contributed by atoms with Gasteiger partial charge < -0.3 is 9.15 Å². The highest BCUT2D eigenvalue weighted by Crippen LogP contribution is 2.25. The molecular formula is C22H25N3O5S. The molecule has 1 amide bonds. The van der Waals surface area contributed by atoms with E-state index in [4.69, 9.17) is 9.15 Å². The van der Waals surface area contributed by atoms with Crippen LogP contribution in [0.3, 0.4) is 0 Å². The van der Waals surface area contributed by atoms with Crippen molar-refractivity contribution in [3.63, 3.8) is 0 Å². The molecule has 0 fully saturated rings. The number of nitrogens with one attached hydrogen (secondary N) is 1. The van der Waals surface area contributed by atoms with E-state index < -0.39 is 21.0 Å². The molecule has 164 valence electrons. The van der Waals surface area contributed by atoms with Crippen LogP contribution in [0.2, 0.25) is 0 Å². The largest absolute Gasteiger partial charge is 0.494 e. The molecule has 0 bridgehead atoms. The lowest BCUT2D eigenvalue weighted by Gasteiger charge is -2.08. The van der Waals surface area contributed by atoms with Crippen LogP contribution in [0, 0.1) is 0 Å². The Morgan fingerprint density at radius 1 is 1.13 bits per heavy atom. The Morgan fingerprint density at radius 2 is 1.90 bits per heavy atom. The number of nitrogens with zero attached hydrogens (tertiary/aromatic N) is 2. The first-order chi connectivity index (χ1) is 14.8. The molecule has 0 saturated carbocycles. The third-order valence-corrected chi connectivity index (χ3v) is 6.69. The zero-order valence-corrected chi connectivity index (χ0v) is 18.5. The van der Waals surface area contributed by atoms with Crippen molar-refractivity contribution >= 4 is 21.8 Å². The first-order valence-electron chi connectivity index (χ1n) is 10.0. The molecule has 31 heavy (non-hydrogen) atoms. The Labute approximate surface area is 181 Å². The minimum Gasteiger partial charge on any atom is -0.494 e. The van der Waals surface area contributed by atoms with Crippen LogP contribution in [0.4, 0.5) is 6.01 Å². The molecule has 0 aliphatic rings. The maximum atomic E-state index is 12.5. The molecule has 3 rings (SSSR count). The molecule has 0 atom stereocenters. The molecule has 2 aromatic carbocycles. The number of hydrogen-bond acceptors (Lipinski definition) is 7. The average Bonchev–Trinajstić information content (AvgIpc) is 3.22. The summed E-state index contributed by atoms with van der Waals surface area (Å²) in [5.74, 6) is 0.288. The van der Waals surface area contributed by atoms with Crippen LogP contribution in [0.5, 0.6) is 5.75 Å². The molecule has 0 aliphatic heterocycles. The number of carbonyl (C=O) groups excluding carboxylic acids is 1. The average molecular weight is 444 g/mol. The first-order valence-corrected chi connectivity index (χ1v) is 11.6. The molecule has 8 nitrogen and oxygen atoms in total. The molecule has 3 aromatic rings. The topological polar surface area (TPSA) is 111 Å². The molecule has 0 aliphatic carbocycles. The fourth-order valence-electron chi connectivity index (χ4n) is 2.70. The van der Waals surface area contributed by atoms with Gasteiger partial charge in [0.05, 0.1) is 16.8 Å². The third kappa shape index (κ3) is 5.49. The van der Waals surface area contributed by atoms with E-state index >= 15 is 0 Å². The van der Waals surface area contributed by atoms with Gasteiger partial charge >= 0.3 is 6.01 Å². The highest BCUT2D eigenvalue weighted by molar-refractivity contribution is 7.92. The summed E-state index contributed by atoms with van der Waals surface area (Å²) < 4.78 is 35.9. The van der Waals surface area contributed by atoms with Gasteiger partial charge in [0.25, 0.3) is 5.91 Å². The van der Waals surface area contributed by atoms with E-state index in [0.29, 0.717) is 23.5 Å². The number of benzene rings is 2. The van der Waals surface area contributed by atoms with Crippen LogP contribution in [0.1, 0.15) is 44.0 Å². The zero-order valence-electron chi connectivity index (χ0n) is 17.7. The summed E-state index contributed by atoms with van der Waals surface area (Å²) in [7, 11) is -3.44. The van der Waals surface area contributed by atoms with Gasteiger partial charge in [-0.05, 0) is 56.7 Å². The van der Waals surface area contributed by atoms with Crippen molar-refractivity contribution in [3.05, 3.63) is 54.1 Å². The van der Waals surface area contributed by atoms with Gasteiger partial charge in [-0.25, -0.2) is 8.42 Å². The quantitative estimate of drug-likeness (QED) is 0.489. The number of rotatable bonds is 9. The monoisotopic (exact) mass is 443 g/mol. The van der Waals surface area contributed by atoms with E-state index in [0.717, 1.165) is 12.8 Å². The second-order valence-corrected chi connectivity index (χ2v) is 9.72. The molecule has 0 saturated heterocycles. The number of aromatic nitrogens is 2. The van der Waals surface area contributed by atoms with Crippen LogP contribution in [-0.4, -0.2) is 36.4 Å². The maximum Gasteiger partial charge on any atom is 0.322 e. The normalized spacial score (nSPS) is 11.5. The van der Waals surface area contributed by atoms with Gasteiger partial charge in [0, 0.05) is 11.1 Å². The van der Waals surface area contributed by atoms with Gasteiger partial charge in [-0.2, -0.15) is 0 Å². The highest BCUT2D eigenvalue weighted by atomic mass is 32.2. The number of ether oxygens (including phenoxy) is 1. The SMILES string of the molecule is CCCCOc1cccc(C(=O)Nc2nnc(-c3cccc(S(=O)(=O)C(C)C)c3)o2)c1. The maximum absolute atomic E-state index is 12.5. The predicted octanol–water partition coefficient (Wildman–Crippen LogP) is 4.35. The van der Waals surface area contributed by atoms with Crippen LogP contribution < -0.4 is 10.1 Å². The fraction of sp³-hybridized carbons (Fsp3) is 0.318. The molecule has 0 spiro atoms. The summed E-state index contributed by atoms with van der Waals surface area (Å²) in [6, 6.07) is 13.0. The molecule has 1 heterocycles. The summed E-state index contributed by atoms with van der Waals surface area (Å²) >= 11 is 0. The van der Waals surface area contributed by atoms with Crippen LogP contribution in [0.15, 0.2) is 57.8 Å². The molecule has 1 N–H and O–H groups in total. The second-order valence-electron chi connectivity index (χ2n) is 7.22. The lowest BCUT2D eigenvalue weighted by molar-refractivity contribution is 0.102. The number of amides is 1. The Bertz CT molecular complexity index is 1160. The Balaban J connectivity index is 1.74. The van der Waals surface area contributed by atoms with Gasteiger partial charge in [0.15, 0.2) is 9.84 Å². The van der Waals surface area contributed by atoms with Crippen LogP contribution >= 0.6 is 0 Å². The summed E-state index contributed by atoms with van der Waals surface area (Å²) in [5.41, 5.74) is 0.833. The number of anilines is 1. The van der Waals surface area contributed by atoms with E-state index in [1.54, 1.807) is 50.2 Å². The smallest absolute Gasteiger partial charge is 0.322 e. The van der Waals surface area contributed by atoms with Crippen molar-refractivity contribution in [1.29, 1.82) is 0 Å². The summed E-state index contributed by atoms with van der Waals surface area (Å²) in [5, 5.41) is 9.76. The predicted molar refractivity (Wildman–Crippen MR) is 117 cm³/mol. The van der Waals surface area contributed by atoms with Gasteiger partial charge in [-0.15, -0.1) is 5.10 Å². The van der Waals surface area contributed by atoms with Crippen LogP contribution in [-0.2, 0) is 9.84 Å². The van der Waals surface area contributed by atoms with Crippen LogP contribution in [0.25, 0.3) is 11.5 Å². The number of carbonyl (C=O) groups is 1. The van der Waals surface area contributed by atoms with Gasteiger partial charge in [-0.3, -0.25) is 10.1 Å². The third-order valence-electron chi connectivity index (χ3n) is 4.54. The fourth-order valence-corrected chi connectivity index (χ4v) is 3.80. The van der Waals surface area contributed by atoms with Crippen molar-refractivity contribution in [1.82, 2.24) is 10.2 Å². The van der Waals surface area contributed by atoms with Crippen molar-refractivity contribution in [3.8, 4) is 17.2 Å². The number of hydrogen-bond donors (Lipinski definition) is 1. The van der Waals surface area contributed by atoms with Crippen molar-refractivity contribution in [2.75, 3.05) is 11.9 Å². The highest BCUT2D eigenvalue weighted by Gasteiger charge is 2.21. The molecule has 9 heteroatoms. The molecular weight excluding hydrogens is 418 g/mol. The summed E-state index contributed by atoms with van der Waals surface area (Å²) in [6.45, 7) is 5.89. The van der Waals surface area contributed by atoms with Gasteiger partial charge in [0.1, 0.15) is 5.75 Å². The first kappa shape index (κ1) is 22.5. The number of unbranched alkanes of at least 4 members (excludes halogenated alkanes) is 1. The van der Waals surface area contributed by atoms with Crippen molar-refractivity contribution in [2.24, 2.45) is 0 Å². The lowest BCUT2D eigenvalue weighted by atomic mass is 10.2. The van der Waals surface area contributed by atoms with Gasteiger partial charge in [0.2, 0.25) is 5.89 Å². The minimum absolute atomic E-state index is 0.0885. The number of sulfone groups is 1. The van der Waals surface area contributed by atoms with E-state index in [2.05, 4.69) is 22.4 Å². The standard InChI is InChI=1S/C22H25N3O5S/c1-4-5-12-29-18-10-6-8-16(13-18)20(26)23-22-25-24-21(30-22)17-9-7-11-19(14-17)31(27,28)15(2)3/h6-11,13-15H,4-5,12H2,1-3H3,(H,23,25,26). The lowest BCUT2D eigenvalue weighted by Crippen LogP contribution is -2.13. The zero-order chi connectivity index (χ0) is 22.4. The second kappa shape index (κ2) is 9.74. The Kier molecular flexibility index (Phi) is 7.06. The van der Waals surface area contributed by atoms with Gasteiger partial charge in [-0.1, -0.05) is 30.6 Å². The minimum atomic E-state index is -3.44. The molecule has 1 aromatic heterocycles. The Morgan fingerprint density at radius 3 is 2.65 bits per heavy atom. The Hall–Kier alpha value is -3.20. The summed E-state index contributed by atoms with van der Waals surface area (Å²) in [6.07, 6.45) is 1.95.